The van der Waals surface area contributed by atoms with Crippen LogP contribution in [-0.4, -0.2) is 21.9 Å². The van der Waals surface area contributed by atoms with Gasteiger partial charge < -0.3 is 5.32 Å². The molecule has 4 nitrogen and oxygen atoms in total. The summed E-state index contributed by atoms with van der Waals surface area (Å²) in [5.41, 5.74) is 7.18. The van der Waals surface area contributed by atoms with Gasteiger partial charge in [-0.05, 0) is 80.3 Å². The molecule has 0 aliphatic heterocycles. The first kappa shape index (κ1) is 20.4. The summed E-state index contributed by atoms with van der Waals surface area (Å²) in [4.78, 5) is 12.2. The number of hydrogen-bond acceptors (Lipinski definition) is 4. The van der Waals surface area contributed by atoms with Crippen LogP contribution in [0.2, 0.25) is 5.02 Å². The van der Waals surface area contributed by atoms with E-state index in [0.29, 0.717) is 10.0 Å². The average molecular weight is 412 g/mol. The Kier molecular flexibility index (Phi) is 6.37. The molecule has 6 heteroatoms. The number of nitrogens with zero attached hydrogens (tertiary/aromatic N) is 2. The Bertz CT molecular complexity index is 1020. The standard InChI is InChI=1S/C22H22ClN3OS/c1-13-10-15(3)17(11-14(13)2)20-8-9-22(26-25-20)28-12-21(27)24-19-7-5-6-18(23)16(19)4/h5-11H,12H2,1-4H3,(H,24,27). The van der Waals surface area contributed by atoms with Crippen molar-refractivity contribution >= 4 is 35.0 Å². The van der Waals surface area contributed by atoms with Crippen molar-refractivity contribution in [3.63, 3.8) is 0 Å². The molecule has 0 bridgehead atoms. The molecule has 3 aromatic rings. The molecule has 144 valence electrons. The Morgan fingerprint density at radius 3 is 2.46 bits per heavy atom. The summed E-state index contributed by atoms with van der Waals surface area (Å²) in [5.74, 6) is 0.147. The molecule has 28 heavy (non-hydrogen) atoms. The molecule has 1 N–H and O–H groups in total. The Morgan fingerprint density at radius 2 is 1.75 bits per heavy atom. The first-order chi connectivity index (χ1) is 13.3. The second-order valence-corrected chi connectivity index (χ2v) is 8.16. The first-order valence-corrected chi connectivity index (χ1v) is 10.3. The van der Waals surface area contributed by atoms with E-state index in [4.69, 9.17) is 11.6 Å². The third-order valence-corrected chi connectivity index (χ3v) is 5.98. The fourth-order valence-corrected chi connectivity index (χ4v) is 3.63. The fraction of sp³-hybridized carbons (Fsp3) is 0.227. The summed E-state index contributed by atoms with van der Waals surface area (Å²) in [5, 5.41) is 12.8. The van der Waals surface area contributed by atoms with E-state index in [-0.39, 0.29) is 11.7 Å². The minimum Gasteiger partial charge on any atom is -0.325 e. The van der Waals surface area contributed by atoms with E-state index in [0.717, 1.165) is 22.5 Å². The average Bonchev–Trinajstić information content (AvgIpc) is 2.67. The number of halogens is 1. The molecule has 0 unspecified atom stereocenters. The molecule has 0 spiro atoms. The number of amides is 1. The number of nitrogens with one attached hydrogen (secondary N) is 1. The highest BCUT2D eigenvalue weighted by Gasteiger charge is 2.10. The molecule has 1 amide bonds. The minimum atomic E-state index is -0.105. The van der Waals surface area contributed by atoms with Crippen molar-refractivity contribution in [3.8, 4) is 11.3 Å². The van der Waals surface area contributed by atoms with Crippen LogP contribution in [0, 0.1) is 27.7 Å². The quantitative estimate of drug-likeness (QED) is 0.542. The molecular formula is C22H22ClN3OS. The number of aryl methyl sites for hydroxylation is 3. The van der Waals surface area contributed by atoms with Crippen LogP contribution in [0.25, 0.3) is 11.3 Å². The predicted octanol–water partition coefficient (Wildman–Crippen LogP) is 5.76. The third kappa shape index (κ3) is 4.72. The van der Waals surface area contributed by atoms with Crippen LogP contribution < -0.4 is 5.32 Å². The molecule has 0 atom stereocenters. The lowest BCUT2D eigenvalue weighted by molar-refractivity contribution is -0.113. The number of benzene rings is 2. The number of carbonyl (C=O) groups excluding carboxylic acids is 1. The van der Waals surface area contributed by atoms with Crippen molar-refractivity contribution in [3.05, 3.63) is 69.7 Å². The highest BCUT2D eigenvalue weighted by atomic mass is 35.5. The zero-order valence-corrected chi connectivity index (χ0v) is 17.9. The number of rotatable bonds is 5. The van der Waals surface area contributed by atoms with Crippen molar-refractivity contribution in [2.24, 2.45) is 0 Å². The second-order valence-electron chi connectivity index (χ2n) is 6.76. The lowest BCUT2D eigenvalue weighted by atomic mass is 9.99. The van der Waals surface area contributed by atoms with Crippen LogP contribution in [-0.2, 0) is 4.79 Å². The molecule has 0 radical (unpaired) electrons. The second kappa shape index (κ2) is 8.76. The Labute approximate surface area is 174 Å². The van der Waals surface area contributed by atoms with Gasteiger partial charge in [0.15, 0.2) is 0 Å². The van der Waals surface area contributed by atoms with E-state index in [9.17, 15) is 4.79 Å². The number of thioether (sulfide) groups is 1. The predicted molar refractivity (Wildman–Crippen MR) is 117 cm³/mol. The highest BCUT2D eigenvalue weighted by Crippen LogP contribution is 2.26. The van der Waals surface area contributed by atoms with Gasteiger partial charge in [0.05, 0.1) is 11.4 Å². The first-order valence-electron chi connectivity index (χ1n) is 8.95. The molecule has 0 aliphatic rings. The van der Waals surface area contributed by atoms with E-state index < -0.39 is 0 Å². The minimum absolute atomic E-state index is 0.105. The number of hydrogen-bond donors (Lipinski definition) is 1. The van der Waals surface area contributed by atoms with Gasteiger partial charge in [-0.1, -0.05) is 35.5 Å². The third-order valence-electron chi connectivity index (χ3n) is 4.65. The Balaban J connectivity index is 1.64. The monoisotopic (exact) mass is 411 g/mol. The molecule has 1 aromatic heterocycles. The van der Waals surface area contributed by atoms with E-state index in [1.807, 2.05) is 31.2 Å². The lowest BCUT2D eigenvalue weighted by Gasteiger charge is -2.10. The maximum absolute atomic E-state index is 12.2. The molecule has 1 heterocycles. The maximum atomic E-state index is 12.2. The number of anilines is 1. The van der Waals surface area contributed by atoms with Gasteiger partial charge in [0, 0.05) is 16.3 Å². The van der Waals surface area contributed by atoms with Crippen LogP contribution >= 0.6 is 23.4 Å². The fourth-order valence-electron chi connectivity index (χ4n) is 2.85. The van der Waals surface area contributed by atoms with Crippen LogP contribution in [0.1, 0.15) is 22.3 Å². The van der Waals surface area contributed by atoms with Crippen molar-refractivity contribution in [2.75, 3.05) is 11.1 Å². The molecule has 3 rings (SSSR count). The molecule has 0 aliphatic carbocycles. The topological polar surface area (TPSA) is 54.9 Å². The lowest BCUT2D eigenvalue weighted by Crippen LogP contribution is -2.15. The summed E-state index contributed by atoms with van der Waals surface area (Å²) < 4.78 is 0. The maximum Gasteiger partial charge on any atom is 0.234 e. The van der Waals surface area contributed by atoms with Gasteiger partial charge >= 0.3 is 0 Å². The summed E-state index contributed by atoms with van der Waals surface area (Å²) in [6.07, 6.45) is 0. The SMILES string of the molecule is Cc1cc(C)c(-c2ccc(SCC(=O)Nc3cccc(Cl)c3C)nn2)cc1C. The largest absolute Gasteiger partial charge is 0.325 e. The highest BCUT2D eigenvalue weighted by molar-refractivity contribution is 7.99. The van der Waals surface area contributed by atoms with Crippen molar-refractivity contribution in [1.82, 2.24) is 10.2 Å². The van der Waals surface area contributed by atoms with E-state index >= 15 is 0 Å². The molecule has 0 saturated heterocycles. The zero-order valence-electron chi connectivity index (χ0n) is 16.3. The summed E-state index contributed by atoms with van der Waals surface area (Å²) in [6.45, 7) is 8.15. The summed E-state index contributed by atoms with van der Waals surface area (Å²) in [7, 11) is 0. The molecule has 0 fully saturated rings. The van der Waals surface area contributed by atoms with Crippen LogP contribution in [0.15, 0.2) is 47.5 Å². The number of aromatic nitrogens is 2. The summed E-state index contributed by atoms with van der Waals surface area (Å²) in [6, 6.07) is 13.6. The van der Waals surface area contributed by atoms with Gasteiger partial charge in [-0.25, -0.2) is 0 Å². The van der Waals surface area contributed by atoms with Gasteiger partial charge in [0.25, 0.3) is 0 Å². The van der Waals surface area contributed by atoms with Gasteiger partial charge in [-0.2, -0.15) is 0 Å². The number of carbonyl (C=O) groups is 1. The van der Waals surface area contributed by atoms with E-state index in [1.165, 1.54) is 28.5 Å². The van der Waals surface area contributed by atoms with Gasteiger partial charge in [-0.3, -0.25) is 4.79 Å². The van der Waals surface area contributed by atoms with Crippen molar-refractivity contribution < 1.29 is 4.79 Å². The van der Waals surface area contributed by atoms with Crippen molar-refractivity contribution in [2.45, 2.75) is 32.7 Å². The van der Waals surface area contributed by atoms with Crippen LogP contribution in [0.3, 0.4) is 0 Å². The Morgan fingerprint density at radius 1 is 1.00 bits per heavy atom. The molecule has 0 saturated carbocycles. The van der Waals surface area contributed by atoms with Crippen molar-refractivity contribution in [1.29, 1.82) is 0 Å². The van der Waals surface area contributed by atoms with Gasteiger partial charge in [-0.15, -0.1) is 10.2 Å². The Hall–Kier alpha value is -2.37. The van der Waals surface area contributed by atoms with Crippen LogP contribution in [0.5, 0.6) is 0 Å². The summed E-state index contributed by atoms with van der Waals surface area (Å²) >= 11 is 7.44. The zero-order chi connectivity index (χ0) is 20.3. The normalized spacial score (nSPS) is 10.8. The smallest absolute Gasteiger partial charge is 0.234 e. The van der Waals surface area contributed by atoms with E-state index in [1.54, 1.807) is 6.07 Å². The van der Waals surface area contributed by atoms with E-state index in [2.05, 4.69) is 48.4 Å². The van der Waals surface area contributed by atoms with Gasteiger partial charge in [0.2, 0.25) is 5.91 Å². The van der Waals surface area contributed by atoms with Gasteiger partial charge in [0.1, 0.15) is 5.03 Å². The molecule has 2 aromatic carbocycles. The molecular weight excluding hydrogens is 390 g/mol. The van der Waals surface area contributed by atoms with Crippen LogP contribution in [0.4, 0.5) is 5.69 Å².